The number of para-hydroxylation sites is 1. The summed E-state index contributed by atoms with van der Waals surface area (Å²) in [6.45, 7) is 0.268. The summed E-state index contributed by atoms with van der Waals surface area (Å²) in [5.41, 5.74) is 0.744. The molecule has 0 amide bonds. The Balaban J connectivity index is 2.02. The van der Waals surface area contributed by atoms with E-state index in [0.29, 0.717) is 0 Å². The average Bonchev–Trinajstić information content (AvgIpc) is 2.69. The molecule has 0 aliphatic carbocycles. The molecule has 0 unspecified atom stereocenters. The van der Waals surface area contributed by atoms with Crippen LogP contribution in [-0.4, -0.2) is 9.97 Å². The highest BCUT2D eigenvalue weighted by Crippen LogP contribution is 2.16. The molecule has 0 atom stereocenters. The van der Waals surface area contributed by atoms with Crippen molar-refractivity contribution in [2.45, 2.75) is 6.61 Å². The topological polar surface area (TPSA) is 37.9 Å². The first-order valence-electron chi connectivity index (χ1n) is 4.21. The summed E-state index contributed by atoms with van der Waals surface area (Å²) in [5, 5.41) is 0. The molecular formula is C10H9FN2O. The van der Waals surface area contributed by atoms with Gasteiger partial charge in [0.1, 0.15) is 6.61 Å². The highest BCUT2D eigenvalue weighted by molar-refractivity contribution is 5.23. The fraction of sp³-hybridized carbons (Fsp3) is 0.100. The molecule has 0 saturated carbocycles. The second kappa shape index (κ2) is 3.91. The zero-order valence-electron chi connectivity index (χ0n) is 7.40. The van der Waals surface area contributed by atoms with Crippen LogP contribution in [0.5, 0.6) is 5.75 Å². The summed E-state index contributed by atoms with van der Waals surface area (Å²) in [5.74, 6) is -0.112. The van der Waals surface area contributed by atoms with E-state index < -0.39 is 0 Å². The van der Waals surface area contributed by atoms with E-state index in [1.54, 1.807) is 30.7 Å². The minimum absolute atomic E-state index is 0.246. The van der Waals surface area contributed by atoms with Gasteiger partial charge in [-0.25, -0.2) is 9.37 Å². The molecule has 0 aliphatic rings. The van der Waals surface area contributed by atoms with Gasteiger partial charge in [-0.2, -0.15) is 0 Å². The monoisotopic (exact) mass is 192 g/mol. The van der Waals surface area contributed by atoms with Gasteiger partial charge in [0.05, 0.1) is 12.0 Å². The summed E-state index contributed by atoms with van der Waals surface area (Å²) in [4.78, 5) is 6.75. The van der Waals surface area contributed by atoms with E-state index in [0.717, 1.165) is 5.69 Å². The SMILES string of the molecule is Fc1ccccc1OCc1c[nH]cn1. The highest BCUT2D eigenvalue weighted by Gasteiger charge is 2.01. The maximum absolute atomic E-state index is 13.1. The largest absolute Gasteiger partial charge is 0.484 e. The molecule has 2 rings (SSSR count). The summed E-state index contributed by atoms with van der Waals surface area (Å²) >= 11 is 0. The van der Waals surface area contributed by atoms with Crippen LogP contribution in [0.15, 0.2) is 36.8 Å². The molecule has 14 heavy (non-hydrogen) atoms. The molecule has 0 saturated heterocycles. The Bertz CT molecular complexity index is 400. The van der Waals surface area contributed by atoms with Gasteiger partial charge in [-0.15, -0.1) is 0 Å². The van der Waals surface area contributed by atoms with E-state index in [-0.39, 0.29) is 18.2 Å². The number of halogens is 1. The maximum Gasteiger partial charge on any atom is 0.165 e. The second-order valence-electron chi connectivity index (χ2n) is 2.78. The number of imidazole rings is 1. The maximum atomic E-state index is 13.1. The van der Waals surface area contributed by atoms with E-state index in [1.165, 1.54) is 6.07 Å². The molecule has 0 radical (unpaired) electrons. The molecule has 72 valence electrons. The predicted molar refractivity (Wildman–Crippen MR) is 49.3 cm³/mol. The number of aromatic nitrogens is 2. The van der Waals surface area contributed by atoms with Crippen molar-refractivity contribution in [1.82, 2.24) is 9.97 Å². The molecular weight excluding hydrogens is 183 g/mol. The van der Waals surface area contributed by atoms with Crippen LogP contribution in [0, 0.1) is 5.82 Å². The van der Waals surface area contributed by atoms with Crippen molar-refractivity contribution in [3.05, 3.63) is 48.3 Å². The quantitative estimate of drug-likeness (QED) is 0.808. The van der Waals surface area contributed by atoms with Crippen molar-refractivity contribution in [3.63, 3.8) is 0 Å². The summed E-state index contributed by atoms with van der Waals surface area (Å²) in [6.07, 6.45) is 3.26. The highest BCUT2D eigenvalue weighted by atomic mass is 19.1. The molecule has 0 aliphatic heterocycles. The van der Waals surface area contributed by atoms with Crippen LogP contribution in [0.2, 0.25) is 0 Å². The van der Waals surface area contributed by atoms with Crippen molar-refractivity contribution < 1.29 is 9.13 Å². The Hall–Kier alpha value is -1.84. The summed E-state index contributed by atoms with van der Waals surface area (Å²) in [7, 11) is 0. The standard InChI is InChI=1S/C10H9FN2O/c11-9-3-1-2-4-10(9)14-6-8-5-12-7-13-8/h1-5,7H,6H2,(H,12,13). The predicted octanol–water partition coefficient (Wildman–Crippen LogP) is 2.13. The molecule has 0 bridgehead atoms. The number of H-pyrrole nitrogens is 1. The van der Waals surface area contributed by atoms with Crippen molar-refractivity contribution >= 4 is 0 Å². The van der Waals surface area contributed by atoms with Gasteiger partial charge in [-0.3, -0.25) is 0 Å². The number of ether oxygens (including phenoxy) is 1. The molecule has 1 aromatic carbocycles. The zero-order valence-corrected chi connectivity index (χ0v) is 7.40. The zero-order chi connectivity index (χ0) is 9.80. The Labute approximate surface area is 80.6 Å². The van der Waals surface area contributed by atoms with E-state index >= 15 is 0 Å². The number of hydrogen-bond donors (Lipinski definition) is 1. The molecule has 0 spiro atoms. The van der Waals surface area contributed by atoms with Crippen LogP contribution in [-0.2, 0) is 6.61 Å². The molecule has 0 fully saturated rings. The van der Waals surface area contributed by atoms with Crippen molar-refractivity contribution in [2.24, 2.45) is 0 Å². The van der Waals surface area contributed by atoms with Gasteiger partial charge < -0.3 is 9.72 Å². The normalized spacial score (nSPS) is 10.1. The average molecular weight is 192 g/mol. The molecule has 1 N–H and O–H groups in total. The van der Waals surface area contributed by atoms with Gasteiger partial charge in [-0.05, 0) is 12.1 Å². The number of aromatic amines is 1. The summed E-state index contributed by atoms with van der Waals surface area (Å²) in [6, 6.07) is 6.29. The van der Waals surface area contributed by atoms with Gasteiger partial charge in [0.2, 0.25) is 0 Å². The van der Waals surface area contributed by atoms with Crippen LogP contribution in [0.25, 0.3) is 0 Å². The minimum Gasteiger partial charge on any atom is -0.484 e. The molecule has 4 heteroatoms. The lowest BCUT2D eigenvalue weighted by Crippen LogP contribution is -1.97. The number of rotatable bonds is 3. The van der Waals surface area contributed by atoms with Crippen molar-refractivity contribution in [3.8, 4) is 5.75 Å². The van der Waals surface area contributed by atoms with E-state index in [2.05, 4.69) is 9.97 Å². The third kappa shape index (κ3) is 1.90. The van der Waals surface area contributed by atoms with Gasteiger partial charge in [0.25, 0.3) is 0 Å². The molecule has 3 nitrogen and oxygen atoms in total. The van der Waals surface area contributed by atoms with Crippen LogP contribution in [0.3, 0.4) is 0 Å². The fourth-order valence-corrected chi connectivity index (χ4v) is 1.08. The Morgan fingerprint density at radius 1 is 1.36 bits per heavy atom. The minimum atomic E-state index is -0.358. The lowest BCUT2D eigenvalue weighted by atomic mass is 10.3. The van der Waals surface area contributed by atoms with Crippen LogP contribution < -0.4 is 4.74 Å². The molecule has 1 heterocycles. The van der Waals surface area contributed by atoms with Gasteiger partial charge in [0, 0.05) is 6.20 Å². The second-order valence-corrected chi connectivity index (χ2v) is 2.78. The Morgan fingerprint density at radius 3 is 2.93 bits per heavy atom. The van der Waals surface area contributed by atoms with Crippen LogP contribution >= 0.6 is 0 Å². The summed E-state index contributed by atoms with van der Waals surface area (Å²) < 4.78 is 18.3. The van der Waals surface area contributed by atoms with Crippen LogP contribution in [0.4, 0.5) is 4.39 Å². The molecule has 2 aromatic rings. The Kier molecular flexibility index (Phi) is 2.44. The van der Waals surface area contributed by atoms with Crippen LogP contribution in [0.1, 0.15) is 5.69 Å². The third-order valence-corrected chi connectivity index (χ3v) is 1.77. The number of hydrogen-bond acceptors (Lipinski definition) is 2. The lowest BCUT2D eigenvalue weighted by Gasteiger charge is -2.04. The number of nitrogens with one attached hydrogen (secondary N) is 1. The number of nitrogens with zero attached hydrogens (tertiary/aromatic N) is 1. The van der Waals surface area contributed by atoms with Gasteiger partial charge >= 0.3 is 0 Å². The fourth-order valence-electron chi connectivity index (χ4n) is 1.08. The lowest BCUT2D eigenvalue weighted by molar-refractivity contribution is 0.286. The van der Waals surface area contributed by atoms with Gasteiger partial charge in [0.15, 0.2) is 11.6 Å². The first-order valence-corrected chi connectivity index (χ1v) is 4.21. The third-order valence-electron chi connectivity index (χ3n) is 1.77. The van der Waals surface area contributed by atoms with Crippen molar-refractivity contribution in [2.75, 3.05) is 0 Å². The van der Waals surface area contributed by atoms with E-state index in [4.69, 9.17) is 4.74 Å². The smallest absolute Gasteiger partial charge is 0.165 e. The van der Waals surface area contributed by atoms with E-state index in [9.17, 15) is 4.39 Å². The number of benzene rings is 1. The van der Waals surface area contributed by atoms with Gasteiger partial charge in [-0.1, -0.05) is 12.1 Å². The first kappa shape index (κ1) is 8.74. The first-order chi connectivity index (χ1) is 6.86. The van der Waals surface area contributed by atoms with E-state index in [1.807, 2.05) is 0 Å². The Morgan fingerprint density at radius 2 is 2.21 bits per heavy atom. The molecule has 1 aromatic heterocycles. The van der Waals surface area contributed by atoms with Crippen molar-refractivity contribution in [1.29, 1.82) is 0 Å².